The quantitative estimate of drug-likeness (QED) is 0.634. The topological polar surface area (TPSA) is 0 Å². The van der Waals surface area contributed by atoms with Crippen LogP contribution in [-0.4, -0.2) is 0 Å². The smallest absolute Gasteiger partial charge is 0.166 e. The third-order valence-corrected chi connectivity index (χ3v) is 2.00. The highest BCUT2D eigenvalue weighted by Crippen LogP contribution is 2.13. The maximum Gasteiger partial charge on any atom is 0.166 e. The Labute approximate surface area is 83.3 Å². The molecule has 0 aromatic heterocycles. The summed E-state index contributed by atoms with van der Waals surface area (Å²) in [6, 6.07) is 4.21. The van der Waals surface area contributed by atoms with Gasteiger partial charge >= 0.3 is 0 Å². The Morgan fingerprint density at radius 3 is 2.79 bits per heavy atom. The van der Waals surface area contributed by atoms with Gasteiger partial charge in [-0.25, -0.2) is 8.78 Å². The van der Waals surface area contributed by atoms with Gasteiger partial charge in [0.15, 0.2) is 11.6 Å². The van der Waals surface area contributed by atoms with E-state index in [2.05, 4.69) is 6.92 Å². The molecular formula is C12H14F2. The first-order valence-electron chi connectivity index (χ1n) is 4.86. The summed E-state index contributed by atoms with van der Waals surface area (Å²) in [5, 5.41) is 0. The predicted octanol–water partition coefficient (Wildman–Crippen LogP) is 4.17. The lowest BCUT2D eigenvalue weighted by molar-refractivity contribution is 0.507. The molecule has 0 atom stereocenters. The van der Waals surface area contributed by atoms with Crippen molar-refractivity contribution in [3.8, 4) is 0 Å². The van der Waals surface area contributed by atoms with Crippen LogP contribution in [0.25, 0.3) is 6.08 Å². The second-order valence-electron chi connectivity index (χ2n) is 3.19. The second-order valence-corrected chi connectivity index (χ2v) is 3.19. The van der Waals surface area contributed by atoms with Gasteiger partial charge in [-0.15, -0.1) is 0 Å². The van der Waals surface area contributed by atoms with E-state index in [1.807, 2.05) is 6.08 Å². The molecule has 0 bridgehead atoms. The van der Waals surface area contributed by atoms with Crippen LogP contribution in [0.4, 0.5) is 8.78 Å². The lowest BCUT2D eigenvalue weighted by Gasteiger charge is -1.97. The maximum atomic E-state index is 13.1. The van der Waals surface area contributed by atoms with E-state index in [4.69, 9.17) is 0 Å². The third-order valence-electron chi connectivity index (χ3n) is 2.00. The molecule has 76 valence electrons. The Hall–Kier alpha value is -1.18. The molecule has 0 amide bonds. The minimum atomic E-state index is -0.789. The zero-order chi connectivity index (χ0) is 10.4. The van der Waals surface area contributed by atoms with E-state index in [0.29, 0.717) is 5.56 Å². The lowest BCUT2D eigenvalue weighted by Crippen LogP contribution is -1.86. The summed E-state index contributed by atoms with van der Waals surface area (Å²) in [5.41, 5.74) is 0.320. The standard InChI is InChI=1S/C12H14F2/c1-2-3-4-5-7-10-8-6-9-11(13)12(10)14/h5-9H,2-4H2,1H3. The molecule has 1 rings (SSSR count). The molecule has 2 heteroatoms. The van der Waals surface area contributed by atoms with Crippen molar-refractivity contribution in [2.24, 2.45) is 0 Å². The first-order valence-corrected chi connectivity index (χ1v) is 4.86. The molecule has 0 aliphatic heterocycles. The molecule has 0 nitrogen and oxygen atoms in total. The summed E-state index contributed by atoms with van der Waals surface area (Å²) in [6.45, 7) is 2.09. The van der Waals surface area contributed by atoms with Gasteiger partial charge in [0, 0.05) is 5.56 Å². The summed E-state index contributed by atoms with van der Waals surface area (Å²) >= 11 is 0. The Morgan fingerprint density at radius 2 is 2.07 bits per heavy atom. The van der Waals surface area contributed by atoms with Gasteiger partial charge in [-0.1, -0.05) is 44.1 Å². The van der Waals surface area contributed by atoms with Crippen LogP contribution in [0.15, 0.2) is 24.3 Å². The summed E-state index contributed by atoms with van der Waals surface area (Å²) in [4.78, 5) is 0. The van der Waals surface area contributed by atoms with Gasteiger partial charge in [0.1, 0.15) is 0 Å². The van der Waals surface area contributed by atoms with Crippen molar-refractivity contribution in [2.45, 2.75) is 26.2 Å². The van der Waals surface area contributed by atoms with E-state index in [0.717, 1.165) is 25.3 Å². The molecule has 0 heterocycles. The van der Waals surface area contributed by atoms with Crippen LogP contribution in [0.2, 0.25) is 0 Å². The highest BCUT2D eigenvalue weighted by atomic mass is 19.2. The Morgan fingerprint density at radius 1 is 1.29 bits per heavy atom. The van der Waals surface area contributed by atoms with Crippen molar-refractivity contribution in [3.05, 3.63) is 41.5 Å². The van der Waals surface area contributed by atoms with Crippen LogP contribution in [0.5, 0.6) is 0 Å². The van der Waals surface area contributed by atoms with Crippen LogP contribution in [0, 0.1) is 11.6 Å². The van der Waals surface area contributed by atoms with Crippen LogP contribution in [0.1, 0.15) is 31.7 Å². The number of unbranched alkanes of at least 4 members (excludes halogenated alkanes) is 2. The zero-order valence-electron chi connectivity index (χ0n) is 8.26. The van der Waals surface area contributed by atoms with E-state index in [1.165, 1.54) is 6.07 Å². The number of benzene rings is 1. The van der Waals surface area contributed by atoms with Gasteiger partial charge < -0.3 is 0 Å². The van der Waals surface area contributed by atoms with Crippen molar-refractivity contribution >= 4 is 6.08 Å². The van der Waals surface area contributed by atoms with E-state index >= 15 is 0 Å². The first-order chi connectivity index (χ1) is 6.75. The van der Waals surface area contributed by atoms with E-state index in [-0.39, 0.29) is 0 Å². The average molecular weight is 196 g/mol. The summed E-state index contributed by atoms with van der Waals surface area (Å²) in [7, 11) is 0. The number of hydrogen-bond acceptors (Lipinski definition) is 0. The van der Waals surface area contributed by atoms with E-state index in [9.17, 15) is 8.78 Å². The van der Waals surface area contributed by atoms with Crippen molar-refractivity contribution in [2.75, 3.05) is 0 Å². The highest BCUT2D eigenvalue weighted by Gasteiger charge is 2.03. The van der Waals surface area contributed by atoms with Gasteiger partial charge in [0.2, 0.25) is 0 Å². The average Bonchev–Trinajstić information content (AvgIpc) is 2.19. The highest BCUT2D eigenvalue weighted by molar-refractivity contribution is 5.49. The fourth-order valence-electron chi connectivity index (χ4n) is 1.18. The van der Waals surface area contributed by atoms with Crippen LogP contribution in [-0.2, 0) is 0 Å². The SMILES string of the molecule is CCCCC=Cc1cccc(F)c1F. The second kappa shape index (κ2) is 5.53. The molecule has 0 radical (unpaired) electrons. The molecule has 14 heavy (non-hydrogen) atoms. The molecule has 0 N–H and O–H groups in total. The first kappa shape index (κ1) is 10.9. The third kappa shape index (κ3) is 2.95. The van der Waals surface area contributed by atoms with E-state index in [1.54, 1.807) is 12.1 Å². The summed E-state index contributed by atoms with van der Waals surface area (Å²) in [6.07, 6.45) is 6.60. The molecule has 0 saturated carbocycles. The van der Waals surface area contributed by atoms with Crippen LogP contribution in [0.3, 0.4) is 0 Å². The fraction of sp³-hybridized carbons (Fsp3) is 0.333. The molecule has 0 aliphatic rings. The van der Waals surface area contributed by atoms with Crippen molar-refractivity contribution in [1.29, 1.82) is 0 Å². The summed E-state index contributed by atoms with van der Waals surface area (Å²) < 4.78 is 25.8. The molecule has 1 aromatic carbocycles. The van der Waals surface area contributed by atoms with E-state index < -0.39 is 11.6 Å². The monoisotopic (exact) mass is 196 g/mol. The molecule has 0 fully saturated rings. The van der Waals surface area contributed by atoms with Crippen LogP contribution >= 0.6 is 0 Å². The molecular weight excluding hydrogens is 182 g/mol. The minimum absolute atomic E-state index is 0.320. The Bertz CT molecular complexity index is 316. The largest absolute Gasteiger partial charge is 0.204 e. The Kier molecular flexibility index (Phi) is 4.30. The molecule has 0 aliphatic carbocycles. The van der Waals surface area contributed by atoms with Gasteiger partial charge in [-0.05, 0) is 12.5 Å². The van der Waals surface area contributed by atoms with Gasteiger partial charge in [-0.3, -0.25) is 0 Å². The van der Waals surface area contributed by atoms with Crippen molar-refractivity contribution < 1.29 is 8.78 Å². The normalized spacial score (nSPS) is 11.1. The van der Waals surface area contributed by atoms with Crippen LogP contribution < -0.4 is 0 Å². The maximum absolute atomic E-state index is 13.1. The molecule has 0 unspecified atom stereocenters. The minimum Gasteiger partial charge on any atom is -0.204 e. The number of halogens is 2. The molecule has 0 spiro atoms. The predicted molar refractivity (Wildman–Crippen MR) is 54.9 cm³/mol. The van der Waals surface area contributed by atoms with Gasteiger partial charge in [0.25, 0.3) is 0 Å². The summed E-state index contributed by atoms with van der Waals surface area (Å²) in [5.74, 6) is -1.55. The number of allylic oxidation sites excluding steroid dienone is 1. The van der Waals surface area contributed by atoms with Gasteiger partial charge in [0.05, 0.1) is 0 Å². The van der Waals surface area contributed by atoms with Gasteiger partial charge in [-0.2, -0.15) is 0 Å². The van der Waals surface area contributed by atoms with Crippen molar-refractivity contribution in [3.63, 3.8) is 0 Å². The Balaban J connectivity index is 2.67. The lowest BCUT2D eigenvalue weighted by atomic mass is 10.1. The molecule has 1 aromatic rings. The van der Waals surface area contributed by atoms with Crippen molar-refractivity contribution in [1.82, 2.24) is 0 Å². The zero-order valence-corrected chi connectivity index (χ0v) is 8.26. The fourth-order valence-corrected chi connectivity index (χ4v) is 1.18. The molecule has 0 saturated heterocycles. The number of rotatable bonds is 4. The number of hydrogen-bond donors (Lipinski definition) is 0.